The molecule has 0 saturated heterocycles. The number of hydrogen-bond acceptors (Lipinski definition) is 8. The van der Waals surface area contributed by atoms with Crippen LogP contribution >= 0.6 is 0 Å². The van der Waals surface area contributed by atoms with Crippen LogP contribution in [0.4, 0.5) is 11.9 Å². The minimum absolute atomic E-state index is 0.00534. The minimum atomic E-state index is -0.00534. The van der Waals surface area contributed by atoms with Crippen molar-refractivity contribution in [1.29, 1.82) is 0 Å². The first-order valence-electron chi connectivity index (χ1n) is 5.91. The van der Waals surface area contributed by atoms with Crippen LogP contribution in [0.5, 0.6) is 6.01 Å². The van der Waals surface area contributed by atoms with Crippen molar-refractivity contribution in [2.24, 2.45) is 0 Å². The molecule has 0 aliphatic heterocycles. The zero-order valence-electron chi connectivity index (χ0n) is 11.0. The molecule has 102 valence electrons. The van der Waals surface area contributed by atoms with Gasteiger partial charge in [0.2, 0.25) is 11.9 Å². The Labute approximate surface area is 110 Å². The third-order valence-corrected chi connectivity index (χ3v) is 2.09. The van der Waals surface area contributed by atoms with Crippen molar-refractivity contribution >= 4 is 11.9 Å². The lowest BCUT2D eigenvalue weighted by molar-refractivity contribution is 0.222. The standard InChI is InChI=1S/C11H16N6O2/c1-7(2)18-11-16-9(12-3)15-10(17-11)13-6-8-4-5-14-19-8/h4-5,7H,6H2,1-3H3,(H2,12,13,15,16,17). The molecule has 2 aromatic rings. The summed E-state index contributed by atoms with van der Waals surface area (Å²) in [5.41, 5.74) is 0. The second kappa shape index (κ2) is 5.98. The van der Waals surface area contributed by atoms with Crippen LogP contribution in [0, 0.1) is 0 Å². The molecule has 0 atom stereocenters. The average molecular weight is 264 g/mol. The van der Waals surface area contributed by atoms with Crippen LogP contribution in [-0.2, 0) is 6.54 Å². The lowest BCUT2D eigenvalue weighted by atomic mass is 10.4. The van der Waals surface area contributed by atoms with Gasteiger partial charge in [-0.05, 0) is 13.8 Å². The molecule has 2 heterocycles. The molecular weight excluding hydrogens is 248 g/mol. The van der Waals surface area contributed by atoms with Gasteiger partial charge in [-0.1, -0.05) is 5.16 Å². The van der Waals surface area contributed by atoms with Gasteiger partial charge in [-0.2, -0.15) is 15.0 Å². The first kappa shape index (κ1) is 13.1. The number of hydrogen-bond donors (Lipinski definition) is 2. The molecule has 0 spiro atoms. The quantitative estimate of drug-likeness (QED) is 0.805. The van der Waals surface area contributed by atoms with Gasteiger partial charge in [0.05, 0.1) is 18.8 Å². The van der Waals surface area contributed by atoms with Crippen LogP contribution in [0.2, 0.25) is 0 Å². The van der Waals surface area contributed by atoms with Gasteiger partial charge in [0, 0.05) is 13.1 Å². The van der Waals surface area contributed by atoms with Crippen LogP contribution < -0.4 is 15.4 Å². The maximum atomic E-state index is 5.46. The number of ether oxygens (including phenoxy) is 1. The Morgan fingerprint density at radius 1 is 1.26 bits per heavy atom. The summed E-state index contributed by atoms with van der Waals surface area (Å²) in [6.07, 6.45) is 1.57. The number of anilines is 2. The normalized spacial score (nSPS) is 10.5. The Hall–Kier alpha value is -2.38. The Kier molecular flexibility index (Phi) is 4.11. The molecule has 0 saturated carbocycles. The Bertz CT molecular complexity index is 514. The van der Waals surface area contributed by atoms with E-state index in [1.807, 2.05) is 13.8 Å². The topological polar surface area (TPSA) is 98.0 Å². The average Bonchev–Trinajstić information content (AvgIpc) is 2.88. The number of rotatable bonds is 6. The van der Waals surface area contributed by atoms with Crippen molar-refractivity contribution < 1.29 is 9.26 Å². The first-order chi connectivity index (χ1) is 9.17. The van der Waals surface area contributed by atoms with Crippen molar-refractivity contribution in [3.05, 3.63) is 18.0 Å². The van der Waals surface area contributed by atoms with E-state index in [4.69, 9.17) is 9.26 Å². The number of nitrogens with one attached hydrogen (secondary N) is 2. The zero-order valence-corrected chi connectivity index (χ0v) is 11.0. The molecule has 0 amide bonds. The molecule has 2 N–H and O–H groups in total. The van der Waals surface area contributed by atoms with Gasteiger partial charge in [0.15, 0.2) is 5.76 Å². The summed E-state index contributed by atoms with van der Waals surface area (Å²) >= 11 is 0. The van der Waals surface area contributed by atoms with Gasteiger partial charge in [0.25, 0.3) is 0 Å². The van der Waals surface area contributed by atoms with Crippen LogP contribution in [0.25, 0.3) is 0 Å². The van der Waals surface area contributed by atoms with Gasteiger partial charge in [-0.15, -0.1) is 0 Å². The predicted molar refractivity (Wildman–Crippen MR) is 69.0 cm³/mol. The molecule has 0 aliphatic rings. The number of aromatic nitrogens is 4. The van der Waals surface area contributed by atoms with E-state index >= 15 is 0 Å². The van der Waals surface area contributed by atoms with Gasteiger partial charge in [-0.3, -0.25) is 0 Å². The SMILES string of the molecule is CNc1nc(NCc2ccno2)nc(OC(C)C)n1. The summed E-state index contributed by atoms with van der Waals surface area (Å²) in [5.74, 6) is 1.54. The highest BCUT2D eigenvalue weighted by Crippen LogP contribution is 2.13. The maximum Gasteiger partial charge on any atom is 0.323 e. The third-order valence-electron chi connectivity index (χ3n) is 2.09. The second-order valence-electron chi connectivity index (χ2n) is 4.01. The molecule has 2 rings (SSSR count). The lowest BCUT2D eigenvalue weighted by Crippen LogP contribution is -2.12. The van der Waals surface area contributed by atoms with Crippen molar-refractivity contribution in [3.63, 3.8) is 0 Å². The highest BCUT2D eigenvalue weighted by atomic mass is 16.5. The Balaban J connectivity index is 2.09. The molecule has 8 heteroatoms. The summed E-state index contributed by atoms with van der Waals surface area (Å²) in [5, 5.41) is 9.50. The fraction of sp³-hybridized carbons (Fsp3) is 0.455. The second-order valence-corrected chi connectivity index (χ2v) is 4.01. The predicted octanol–water partition coefficient (Wildman–Crippen LogP) is 1.30. The van der Waals surface area contributed by atoms with Crippen LogP contribution in [0.15, 0.2) is 16.8 Å². The maximum absolute atomic E-state index is 5.46. The molecular formula is C11H16N6O2. The van der Waals surface area contributed by atoms with E-state index < -0.39 is 0 Å². The van der Waals surface area contributed by atoms with Crippen molar-refractivity contribution in [2.75, 3.05) is 17.7 Å². The van der Waals surface area contributed by atoms with E-state index in [-0.39, 0.29) is 12.1 Å². The van der Waals surface area contributed by atoms with E-state index in [1.54, 1.807) is 19.3 Å². The van der Waals surface area contributed by atoms with E-state index in [2.05, 4.69) is 30.7 Å². The van der Waals surface area contributed by atoms with Gasteiger partial charge in [0.1, 0.15) is 0 Å². The smallest absolute Gasteiger partial charge is 0.323 e. The fourth-order valence-electron chi connectivity index (χ4n) is 1.31. The van der Waals surface area contributed by atoms with Gasteiger partial charge < -0.3 is 19.9 Å². The Morgan fingerprint density at radius 2 is 2.05 bits per heavy atom. The summed E-state index contributed by atoms with van der Waals surface area (Å²) in [6, 6.07) is 2.04. The van der Waals surface area contributed by atoms with E-state index in [9.17, 15) is 0 Å². The minimum Gasteiger partial charge on any atom is -0.461 e. The highest BCUT2D eigenvalue weighted by molar-refractivity contribution is 5.35. The Morgan fingerprint density at radius 3 is 2.68 bits per heavy atom. The van der Waals surface area contributed by atoms with Gasteiger partial charge in [-0.25, -0.2) is 0 Å². The first-order valence-corrected chi connectivity index (χ1v) is 5.91. The molecule has 0 unspecified atom stereocenters. The van der Waals surface area contributed by atoms with Crippen LogP contribution in [-0.4, -0.2) is 33.3 Å². The molecule has 19 heavy (non-hydrogen) atoms. The van der Waals surface area contributed by atoms with Gasteiger partial charge >= 0.3 is 6.01 Å². The molecule has 0 bridgehead atoms. The summed E-state index contributed by atoms with van der Waals surface area (Å²) in [4.78, 5) is 12.4. The molecule has 8 nitrogen and oxygen atoms in total. The van der Waals surface area contributed by atoms with E-state index in [0.29, 0.717) is 24.2 Å². The van der Waals surface area contributed by atoms with Crippen molar-refractivity contribution in [1.82, 2.24) is 20.1 Å². The third kappa shape index (κ3) is 3.80. The highest BCUT2D eigenvalue weighted by Gasteiger charge is 2.08. The van der Waals surface area contributed by atoms with E-state index in [0.717, 1.165) is 0 Å². The van der Waals surface area contributed by atoms with Crippen LogP contribution in [0.1, 0.15) is 19.6 Å². The number of nitrogens with zero attached hydrogens (tertiary/aromatic N) is 4. The molecule has 0 aliphatic carbocycles. The fourth-order valence-corrected chi connectivity index (χ4v) is 1.31. The summed E-state index contributed by atoms with van der Waals surface area (Å²) < 4.78 is 10.4. The van der Waals surface area contributed by atoms with Crippen molar-refractivity contribution in [3.8, 4) is 6.01 Å². The summed E-state index contributed by atoms with van der Waals surface area (Å²) in [6.45, 7) is 4.25. The largest absolute Gasteiger partial charge is 0.461 e. The zero-order chi connectivity index (χ0) is 13.7. The van der Waals surface area contributed by atoms with E-state index in [1.165, 1.54) is 0 Å². The molecule has 0 fully saturated rings. The molecule has 2 aromatic heterocycles. The lowest BCUT2D eigenvalue weighted by Gasteiger charge is -2.10. The monoisotopic (exact) mass is 264 g/mol. The molecule has 0 radical (unpaired) electrons. The van der Waals surface area contributed by atoms with Crippen LogP contribution in [0.3, 0.4) is 0 Å². The van der Waals surface area contributed by atoms with Crippen molar-refractivity contribution in [2.45, 2.75) is 26.5 Å². The summed E-state index contributed by atoms with van der Waals surface area (Å²) in [7, 11) is 1.73. The molecule has 0 aromatic carbocycles.